The number of hydrogen-bond acceptors (Lipinski definition) is 3. The number of hydrogen-bond donors (Lipinski definition) is 1. The van der Waals surface area contributed by atoms with Gasteiger partial charge in [-0.25, -0.2) is 0 Å². The second-order valence-electron chi connectivity index (χ2n) is 3.62. The maximum atomic E-state index is 9.24. The molecule has 0 fully saturated rings. The number of nitrogens with zero attached hydrogens (tertiary/aromatic N) is 3. The molecule has 3 heterocycles. The Kier molecular flexibility index (Phi) is 2.09. The fraction of sp³-hybridized carbons (Fsp3) is 0. The Balaban J connectivity index is 2.35. The molecule has 4 nitrogen and oxygen atoms in total. The summed E-state index contributed by atoms with van der Waals surface area (Å²) in [4.78, 5) is 11.4. The van der Waals surface area contributed by atoms with Crippen LogP contribution in [-0.4, -0.2) is 15.0 Å². The fourth-order valence-electron chi connectivity index (χ4n) is 1.86. The summed E-state index contributed by atoms with van der Waals surface area (Å²) < 4.78 is 0. The molecule has 0 aliphatic carbocycles. The number of aromatic amines is 1. The van der Waals surface area contributed by atoms with Gasteiger partial charge in [0.1, 0.15) is 17.1 Å². The first-order valence-corrected chi connectivity index (χ1v) is 5.17. The number of nitriles is 1. The molecule has 0 aliphatic rings. The van der Waals surface area contributed by atoms with E-state index in [1.54, 1.807) is 18.6 Å². The largest absolute Gasteiger partial charge is 0.352 e. The van der Waals surface area contributed by atoms with Crippen molar-refractivity contribution >= 4 is 11.0 Å². The van der Waals surface area contributed by atoms with Crippen LogP contribution in [-0.2, 0) is 0 Å². The summed E-state index contributed by atoms with van der Waals surface area (Å²) in [5.41, 5.74) is 3.89. The van der Waals surface area contributed by atoms with E-state index in [2.05, 4.69) is 21.0 Å². The molecule has 0 saturated heterocycles. The Morgan fingerprint density at radius 2 is 1.94 bits per heavy atom. The highest BCUT2D eigenvalue weighted by atomic mass is 14.8. The SMILES string of the molecule is N#Cc1c(-c2ccncc2)[nH]c2cccnc12. The normalized spacial score (nSPS) is 10.3. The van der Waals surface area contributed by atoms with E-state index < -0.39 is 0 Å². The molecule has 4 heteroatoms. The van der Waals surface area contributed by atoms with Crippen molar-refractivity contribution in [2.45, 2.75) is 0 Å². The fourth-order valence-corrected chi connectivity index (χ4v) is 1.86. The highest BCUT2D eigenvalue weighted by molar-refractivity contribution is 5.90. The molecule has 0 atom stereocenters. The lowest BCUT2D eigenvalue weighted by molar-refractivity contribution is 1.32. The van der Waals surface area contributed by atoms with E-state index in [-0.39, 0.29) is 0 Å². The first-order chi connectivity index (χ1) is 8.40. The maximum absolute atomic E-state index is 9.24. The van der Waals surface area contributed by atoms with E-state index >= 15 is 0 Å². The summed E-state index contributed by atoms with van der Waals surface area (Å²) in [6, 6.07) is 9.69. The van der Waals surface area contributed by atoms with E-state index in [1.807, 2.05) is 24.3 Å². The predicted octanol–water partition coefficient (Wildman–Crippen LogP) is 2.50. The smallest absolute Gasteiger partial charge is 0.106 e. The van der Waals surface area contributed by atoms with Crippen molar-refractivity contribution in [3.8, 4) is 17.3 Å². The zero-order chi connectivity index (χ0) is 11.7. The van der Waals surface area contributed by atoms with E-state index in [0.29, 0.717) is 11.1 Å². The Morgan fingerprint density at radius 3 is 2.71 bits per heavy atom. The molecule has 0 aromatic carbocycles. The molecule has 3 rings (SSSR count). The molecule has 0 saturated carbocycles. The van der Waals surface area contributed by atoms with Gasteiger partial charge in [-0.3, -0.25) is 9.97 Å². The minimum absolute atomic E-state index is 0.576. The predicted molar refractivity (Wildman–Crippen MR) is 64.0 cm³/mol. The molecule has 80 valence electrons. The number of fused-ring (bicyclic) bond motifs is 1. The molecule has 17 heavy (non-hydrogen) atoms. The molecule has 0 unspecified atom stereocenters. The van der Waals surface area contributed by atoms with Gasteiger partial charge in [0.2, 0.25) is 0 Å². The molecule has 0 spiro atoms. The second kappa shape index (κ2) is 3.72. The minimum atomic E-state index is 0.576. The number of aromatic nitrogens is 3. The lowest BCUT2D eigenvalue weighted by Crippen LogP contribution is -1.82. The van der Waals surface area contributed by atoms with E-state index in [0.717, 1.165) is 16.8 Å². The summed E-state index contributed by atoms with van der Waals surface area (Å²) in [7, 11) is 0. The average Bonchev–Trinajstić information content (AvgIpc) is 2.78. The minimum Gasteiger partial charge on any atom is -0.352 e. The van der Waals surface area contributed by atoms with Gasteiger partial charge in [-0.15, -0.1) is 0 Å². The van der Waals surface area contributed by atoms with Crippen molar-refractivity contribution in [1.82, 2.24) is 15.0 Å². The van der Waals surface area contributed by atoms with Crippen LogP contribution in [0.1, 0.15) is 5.56 Å². The summed E-state index contributed by atoms with van der Waals surface area (Å²) in [6.07, 6.45) is 5.10. The molecule has 0 bridgehead atoms. The third-order valence-corrected chi connectivity index (χ3v) is 2.63. The Morgan fingerprint density at radius 1 is 1.12 bits per heavy atom. The van der Waals surface area contributed by atoms with Gasteiger partial charge in [-0.2, -0.15) is 5.26 Å². The topological polar surface area (TPSA) is 65.4 Å². The second-order valence-corrected chi connectivity index (χ2v) is 3.62. The van der Waals surface area contributed by atoms with Gasteiger partial charge < -0.3 is 4.98 Å². The van der Waals surface area contributed by atoms with Crippen molar-refractivity contribution in [1.29, 1.82) is 5.26 Å². The molecular weight excluding hydrogens is 212 g/mol. The lowest BCUT2D eigenvalue weighted by Gasteiger charge is -1.96. The summed E-state index contributed by atoms with van der Waals surface area (Å²) in [6.45, 7) is 0. The van der Waals surface area contributed by atoms with Crippen molar-refractivity contribution in [3.63, 3.8) is 0 Å². The van der Waals surface area contributed by atoms with E-state index in [4.69, 9.17) is 0 Å². The van der Waals surface area contributed by atoms with Crippen LogP contribution >= 0.6 is 0 Å². The van der Waals surface area contributed by atoms with Crippen LogP contribution in [0.25, 0.3) is 22.3 Å². The Bertz CT molecular complexity index is 707. The zero-order valence-electron chi connectivity index (χ0n) is 8.88. The van der Waals surface area contributed by atoms with Crippen LogP contribution in [0.15, 0.2) is 42.9 Å². The number of rotatable bonds is 1. The third-order valence-electron chi connectivity index (χ3n) is 2.63. The van der Waals surface area contributed by atoms with Crippen molar-refractivity contribution in [2.75, 3.05) is 0 Å². The number of nitrogens with one attached hydrogen (secondary N) is 1. The molecule has 3 aromatic heterocycles. The van der Waals surface area contributed by atoms with Gasteiger partial charge in [0.25, 0.3) is 0 Å². The average molecular weight is 220 g/mol. The highest BCUT2D eigenvalue weighted by Crippen LogP contribution is 2.27. The monoisotopic (exact) mass is 220 g/mol. The van der Waals surface area contributed by atoms with Gasteiger partial charge in [0.15, 0.2) is 0 Å². The van der Waals surface area contributed by atoms with Gasteiger partial charge in [0, 0.05) is 24.2 Å². The van der Waals surface area contributed by atoms with Crippen molar-refractivity contribution < 1.29 is 0 Å². The van der Waals surface area contributed by atoms with Gasteiger partial charge >= 0.3 is 0 Å². The van der Waals surface area contributed by atoms with E-state index in [9.17, 15) is 5.26 Å². The van der Waals surface area contributed by atoms with Crippen molar-refractivity contribution in [2.24, 2.45) is 0 Å². The van der Waals surface area contributed by atoms with Gasteiger partial charge in [-0.1, -0.05) is 0 Å². The van der Waals surface area contributed by atoms with E-state index in [1.165, 1.54) is 0 Å². The van der Waals surface area contributed by atoms with Crippen LogP contribution in [0.5, 0.6) is 0 Å². The summed E-state index contributed by atoms with van der Waals surface area (Å²) >= 11 is 0. The molecule has 0 radical (unpaired) electrons. The number of pyridine rings is 2. The lowest BCUT2D eigenvalue weighted by atomic mass is 10.1. The molecule has 1 N–H and O–H groups in total. The van der Waals surface area contributed by atoms with Crippen LogP contribution < -0.4 is 0 Å². The zero-order valence-corrected chi connectivity index (χ0v) is 8.88. The third kappa shape index (κ3) is 1.45. The quantitative estimate of drug-likeness (QED) is 0.685. The summed E-state index contributed by atoms with van der Waals surface area (Å²) in [5.74, 6) is 0. The standard InChI is InChI=1S/C13H8N4/c14-8-10-12(9-3-6-15-7-4-9)17-11-2-1-5-16-13(10)11/h1-7,17H. The maximum Gasteiger partial charge on any atom is 0.106 e. The first-order valence-electron chi connectivity index (χ1n) is 5.17. The summed E-state index contributed by atoms with van der Waals surface area (Å²) in [5, 5.41) is 9.24. The van der Waals surface area contributed by atoms with Crippen LogP contribution in [0, 0.1) is 11.3 Å². The van der Waals surface area contributed by atoms with Crippen LogP contribution in [0.2, 0.25) is 0 Å². The highest BCUT2D eigenvalue weighted by Gasteiger charge is 2.12. The van der Waals surface area contributed by atoms with Gasteiger partial charge in [0.05, 0.1) is 11.2 Å². The molecular formula is C13H8N4. The van der Waals surface area contributed by atoms with Gasteiger partial charge in [-0.05, 0) is 24.3 Å². The molecule has 0 amide bonds. The van der Waals surface area contributed by atoms with Crippen LogP contribution in [0.3, 0.4) is 0 Å². The first kappa shape index (κ1) is 9.55. The Hall–Kier alpha value is -2.67. The van der Waals surface area contributed by atoms with Crippen LogP contribution in [0.4, 0.5) is 0 Å². The molecule has 3 aromatic rings. The Labute approximate surface area is 97.6 Å². The number of H-pyrrole nitrogens is 1. The van der Waals surface area contributed by atoms with Crippen molar-refractivity contribution in [3.05, 3.63) is 48.4 Å². The molecule has 0 aliphatic heterocycles.